The maximum Gasteiger partial charge on any atom is 0.260 e. The highest BCUT2D eigenvalue weighted by atomic mass is 127. The largest absolute Gasteiger partial charge is 0.306 e. The molecule has 0 unspecified atom stereocenters. The van der Waals surface area contributed by atoms with E-state index in [1.165, 1.54) is 0 Å². The van der Waals surface area contributed by atoms with Gasteiger partial charge in [0.2, 0.25) is 0 Å². The van der Waals surface area contributed by atoms with Gasteiger partial charge in [-0.3, -0.25) is 4.79 Å². The van der Waals surface area contributed by atoms with Crippen molar-refractivity contribution < 1.29 is 4.79 Å². The average Bonchev–Trinajstić information content (AvgIpc) is 2.93. The summed E-state index contributed by atoms with van der Waals surface area (Å²) >= 11 is 2.21. The van der Waals surface area contributed by atoms with Crippen LogP contribution in [0.15, 0.2) is 48.7 Å². The number of rotatable bonds is 3. The normalized spacial score (nSPS) is 10.6. The van der Waals surface area contributed by atoms with Crippen LogP contribution in [0.3, 0.4) is 0 Å². The highest BCUT2D eigenvalue weighted by Crippen LogP contribution is 2.17. The number of para-hydroxylation sites is 1. The van der Waals surface area contributed by atoms with Crippen LogP contribution in [0, 0.1) is 17.4 Å². The van der Waals surface area contributed by atoms with Crippen molar-refractivity contribution in [3.05, 3.63) is 69.2 Å². The van der Waals surface area contributed by atoms with Crippen LogP contribution in [0.5, 0.6) is 0 Å². The average molecular weight is 418 g/mol. The van der Waals surface area contributed by atoms with Crippen molar-refractivity contribution >= 4 is 34.3 Å². The molecule has 116 valence electrons. The van der Waals surface area contributed by atoms with E-state index in [9.17, 15) is 4.79 Å². The summed E-state index contributed by atoms with van der Waals surface area (Å²) < 4.78 is 2.82. The lowest BCUT2D eigenvalue weighted by Gasteiger charge is -2.07. The Kier molecular flexibility index (Phi) is 4.42. The van der Waals surface area contributed by atoms with Gasteiger partial charge in [0.05, 0.1) is 28.8 Å². The third kappa shape index (κ3) is 3.26. The minimum Gasteiger partial charge on any atom is -0.306 e. The Labute approximate surface area is 147 Å². The number of carbonyl (C=O) groups excluding carboxylic acids is 1. The van der Waals surface area contributed by atoms with Gasteiger partial charge in [-0.25, -0.2) is 9.67 Å². The zero-order valence-electron chi connectivity index (χ0n) is 12.7. The molecule has 1 aromatic carbocycles. The van der Waals surface area contributed by atoms with Gasteiger partial charge in [-0.2, -0.15) is 5.10 Å². The van der Waals surface area contributed by atoms with E-state index in [1.54, 1.807) is 16.9 Å². The summed E-state index contributed by atoms with van der Waals surface area (Å²) in [6, 6.07) is 13.4. The van der Waals surface area contributed by atoms with Crippen molar-refractivity contribution in [2.24, 2.45) is 0 Å². The Bertz CT molecular complexity index is 858. The molecule has 5 nitrogen and oxygen atoms in total. The van der Waals surface area contributed by atoms with Gasteiger partial charge in [-0.05, 0) is 60.7 Å². The molecule has 3 aromatic rings. The number of amides is 1. The molecule has 23 heavy (non-hydrogen) atoms. The van der Waals surface area contributed by atoms with E-state index in [2.05, 4.69) is 38.0 Å². The first-order valence-electron chi connectivity index (χ1n) is 7.11. The number of aromatic nitrogens is 3. The van der Waals surface area contributed by atoms with Crippen LogP contribution in [0.25, 0.3) is 5.69 Å². The van der Waals surface area contributed by atoms with Gasteiger partial charge in [0.15, 0.2) is 0 Å². The summed E-state index contributed by atoms with van der Waals surface area (Å²) in [5.41, 5.74) is 3.13. The summed E-state index contributed by atoms with van der Waals surface area (Å²) in [4.78, 5) is 16.8. The minimum atomic E-state index is -0.210. The molecular formula is C17H15IN4O. The standard InChI is InChI=1S/C17H15IN4O/c1-11-15(18)8-9-16(20-11)21-17(23)14-10-19-22(12(14)2)13-6-4-3-5-7-13/h3-10H,1-2H3,(H,20,21,23). The first kappa shape index (κ1) is 15.7. The van der Waals surface area contributed by atoms with Gasteiger partial charge in [-0.15, -0.1) is 0 Å². The van der Waals surface area contributed by atoms with Crippen molar-refractivity contribution in [3.63, 3.8) is 0 Å². The molecular weight excluding hydrogens is 403 g/mol. The van der Waals surface area contributed by atoms with Gasteiger partial charge in [0, 0.05) is 3.57 Å². The van der Waals surface area contributed by atoms with E-state index in [0.717, 1.165) is 20.6 Å². The van der Waals surface area contributed by atoms with Crippen LogP contribution < -0.4 is 5.32 Å². The Morgan fingerprint density at radius 1 is 1.13 bits per heavy atom. The summed E-state index contributed by atoms with van der Waals surface area (Å²) in [6.45, 7) is 3.79. The molecule has 0 radical (unpaired) electrons. The SMILES string of the molecule is Cc1nc(NC(=O)c2cnn(-c3ccccc3)c2C)ccc1I. The molecule has 0 atom stereocenters. The molecule has 1 amide bonds. The van der Waals surface area contributed by atoms with E-state index < -0.39 is 0 Å². The van der Waals surface area contributed by atoms with Crippen LogP contribution in [0.2, 0.25) is 0 Å². The zero-order valence-corrected chi connectivity index (χ0v) is 14.9. The van der Waals surface area contributed by atoms with Crippen LogP contribution >= 0.6 is 22.6 Å². The molecule has 0 saturated heterocycles. The molecule has 0 aliphatic heterocycles. The van der Waals surface area contributed by atoms with Crippen LogP contribution in [0.1, 0.15) is 21.7 Å². The molecule has 0 bridgehead atoms. The number of halogens is 1. The lowest BCUT2D eigenvalue weighted by Crippen LogP contribution is -2.14. The second-order valence-corrected chi connectivity index (χ2v) is 6.27. The van der Waals surface area contributed by atoms with E-state index in [4.69, 9.17) is 0 Å². The van der Waals surface area contributed by atoms with E-state index >= 15 is 0 Å². The number of nitrogens with zero attached hydrogens (tertiary/aromatic N) is 3. The molecule has 3 rings (SSSR count). The van der Waals surface area contributed by atoms with E-state index in [-0.39, 0.29) is 5.91 Å². The molecule has 0 aliphatic carbocycles. The molecule has 1 N–H and O–H groups in total. The Morgan fingerprint density at radius 3 is 2.57 bits per heavy atom. The summed E-state index contributed by atoms with van der Waals surface area (Å²) in [5, 5.41) is 7.14. The zero-order chi connectivity index (χ0) is 16.4. The summed E-state index contributed by atoms with van der Waals surface area (Å²) in [5.74, 6) is 0.331. The monoisotopic (exact) mass is 418 g/mol. The highest BCUT2D eigenvalue weighted by Gasteiger charge is 2.15. The smallest absolute Gasteiger partial charge is 0.260 e. The molecule has 0 spiro atoms. The summed E-state index contributed by atoms with van der Waals surface area (Å²) in [7, 11) is 0. The molecule has 2 heterocycles. The fourth-order valence-electron chi connectivity index (χ4n) is 2.26. The second-order valence-electron chi connectivity index (χ2n) is 5.11. The van der Waals surface area contributed by atoms with Gasteiger partial charge in [-0.1, -0.05) is 18.2 Å². The molecule has 0 saturated carbocycles. The quantitative estimate of drug-likeness (QED) is 0.660. The van der Waals surface area contributed by atoms with Gasteiger partial charge in [0.1, 0.15) is 5.82 Å². The van der Waals surface area contributed by atoms with Crippen molar-refractivity contribution in [2.75, 3.05) is 5.32 Å². The van der Waals surface area contributed by atoms with Crippen LogP contribution in [-0.2, 0) is 0 Å². The van der Waals surface area contributed by atoms with Crippen LogP contribution in [-0.4, -0.2) is 20.7 Å². The minimum absolute atomic E-state index is 0.210. The van der Waals surface area contributed by atoms with Crippen molar-refractivity contribution in [3.8, 4) is 5.69 Å². The lowest BCUT2D eigenvalue weighted by atomic mass is 10.2. The Balaban J connectivity index is 1.86. The number of carbonyl (C=O) groups is 1. The van der Waals surface area contributed by atoms with Crippen molar-refractivity contribution in [2.45, 2.75) is 13.8 Å². The fraction of sp³-hybridized carbons (Fsp3) is 0.118. The van der Waals surface area contributed by atoms with Gasteiger partial charge in [0.25, 0.3) is 5.91 Å². The first-order chi connectivity index (χ1) is 11.1. The summed E-state index contributed by atoms with van der Waals surface area (Å²) in [6.07, 6.45) is 1.58. The number of aryl methyl sites for hydroxylation is 1. The molecule has 6 heteroatoms. The maximum atomic E-state index is 12.5. The van der Waals surface area contributed by atoms with Crippen molar-refractivity contribution in [1.29, 1.82) is 0 Å². The second kappa shape index (κ2) is 6.49. The molecule has 2 aromatic heterocycles. The first-order valence-corrected chi connectivity index (χ1v) is 8.18. The number of hydrogen-bond acceptors (Lipinski definition) is 3. The number of benzene rings is 1. The third-order valence-corrected chi connectivity index (χ3v) is 4.66. The fourth-order valence-corrected chi connectivity index (χ4v) is 2.56. The van der Waals surface area contributed by atoms with Crippen molar-refractivity contribution in [1.82, 2.24) is 14.8 Å². The predicted molar refractivity (Wildman–Crippen MR) is 97.9 cm³/mol. The van der Waals surface area contributed by atoms with Crippen LogP contribution in [0.4, 0.5) is 5.82 Å². The number of hydrogen-bond donors (Lipinski definition) is 1. The number of pyridine rings is 1. The number of nitrogens with one attached hydrogen (secondary N) is 1. The van der Waals surface area contributed by atoms with E-state index in [1.807, 2.05) is 50.2 Å². The van der Waals surface area contributed by atoms with E-state index in [0.29, 0.717) is 11.4 Å². The highest BCUT2D eigenvalue weighted by molar-refractivity contribution is 14.1. The Hall–Kier alpha value is -2.22. The Morgan fingerprint density at radius 2 is 1.87 bits per heavy atom. The topological polar surface area (TPSA) is 59.8 Å². The van der Waals surface area contributed by atoms with Gasteiger partial charge < -0.3 is 5.32 Å². The third-order valence-electron chi connectivity index (χ3n) is 3.52. The maximum absolute atomic E-state index is 12.5. The molecule has 0 aliphatic rings. The predicted octanol–water partition coefficient (Wildman–Crippen LogP) is 3.74. The molecule has 0 fully saturated rings. The van der Waals surface area contributed by atoms with Gasteiger partial charge >= 0.3 is 0 Å². The number of anilines is 1. The lowest BCUT2D eigenvalue weighted by molar-refractivity contribution is 0.102.